The highest BCUT2D eigenvalue weighted by atomic mass is 35.5. The van der Waals surface area contributed by atoms with Gasteiger partial charge in [0.1, 0.15) is 5.58 Å². The minimum Gasteiger partial charge on any atom is -0.493 e. The highest BCUT2D eigenvalue weighted by molar-refractivity contribution is 6.32. The molecule has 1 aromatic heterocycles. The summed E-state index contributed by atoms with van der Waals surface area (Å²) in [5.74, 6) is -0.115. The second-order valence-corrected chi connectivity index (χ2v) is 6.16. The summed E-state index contributed by atoms with van der Waals surface area (Å²) in [5.41, 5.74) is 1.21. The molecule has 0 aliphatic rings. The van der Waals surface area contributed by atoms with Crippen LogP contribution in [0.1, 0.15) is 16.1 Å². The first-order valence-electron chi connectivity index (χ1n) is 8.30. The van der Waals surface area contributed by atoms with E-state index in [1.165, 1.54) is 26.4 Å². The van der Waals surface area contributed by atoms with Gasteiger partial charge in [0, 0.05) is 11.5 Å². The fraction of sp³-hybridized carbons (Fsp3) is 0.143. The number of furan rings is 1. The maximum Gasteiger partial charge on any atom is 0.331 e. The van der Waals surface area contributed by atoms with Gasteiger partial charge in [-0.3, -0.25) is 4.79 Å². The first-order valence-corrected chi connectivity index (χ1v) is 8.67. The van der Waals surface area contributed by atoms with Crippen LogP contribution in [0.15, 0.2) is 53.0 Å². The van der Waals surface area contributed by atoms with Crippen LogP contribution in [-0.4, -0.2) is 32.6 Å². The third kappa shape index (κ3) is 4.35. The van der Waals surface area contributed by atoms with E-state index in [0.717, 1.165) is 5.39 Å². The molecule has 0 amide bonds. The molecule has 0 aliphatic heterocycles. The van der Waals surface area contributed by atoms with Gasteiger partial charge in [-0.15, -0.1) is 0 Å². The van der Waals surface area contributed by atoms with Gasteiger partial charge in [-0.05, 0) is 35.9 Å². The minimum atomic E-state index is -0.671. The van der Waals surface area contributed by atoms with E-state index in [2.05, 4.69) is 0 Å². The molecule has 0 radical (unpaired) electrons. The summed E-state index contributed by atoms with van der Waals surface area (Å²) < 4.78 is 20.8. The number of ketones is 1. The van der Waals surface area contributed by atoms with Crippen molar-refractivity contribution in [2.24, 2.45) is 0 Å². The van der Waals surface area contributed by atoms with E-state index in [0.29, 0.717) is 27.7 Å². The fourth-order valence-corrected chi connectivity index (χ4v) is 2.87. The van der Waals surface area contributed by atoms with E-state index in [-0.39, 0.29) is 5.76 Å². The number of Topliss-reactive ketones (excluding diaryl/α,β-unsaturated/α-hetero) is 1. The topological polar surface area (TPSA) is 75.0 Å². The molecule has 0 aliphatic carbocycles. The Hall–Kier alpha value is -3.25. The lowest BCUT2D eigenvalue weighted by atomic mass is 10.2. The van der Waals surface area contributed by atoms with Crippen LogP contribution in [0.3, 0.4) is 0 Å². The number of benzene rings is 2. The van der Waals surface area contributed by atoms with Crippen molar-refractivity contribution in [2.45, 2.75) is 0 Å². The Morgan fingerprint density at radius 2 is 1.89 bits per heavy atom. The van der Waals surface area contributed by atoms with E-state index in [9.17, 15) is 9.59 Å². The van der Waals surface area contributed by atoms with Gasteiger partial charge in [0.15, 0.2) is 23.9 Å². The predicted molar refractivity (Wildman–Crippen MR) is 105 cm³/mol. The lowest BCUT2D eigenvalue weighted by molar-refractivity contribution is -0.136. The van der Waals surface area contributed by atoms with Crippen molar-refractivity contribution in [3.63, 3.8) is 0 Å². The van der Waals surface area contributed by atoms with Crippen LogP contribution in [-0.2, 0) is 9.53 Å². The summed E-state index contributed by atoms with van der Waals surface area (Å²) in [6, 6.07) is 12.1. The van der Waals surface area contributed by atoms with Crippen molar-refractivity contribution >= 4 is 40.4 Å². The summed E-state index contributed by atoms with van der Waals surface area (Å²) in [6.45, 7) is -0.421. The van der Waals surface area contributed by atoms with Crippen LogP contribution < -0.4 is 9.47 Å². The average molecular weight is 401 g/mol. The number of hydrogen-bond donors (Lipinski definition) is 0. The van der Waals surface area contributed by atoms with Gasteiger partial charge < -0.3 is 18.6 Å². The number of halogens is 1. The third-order valence-electron chi connectivity index (χ3n) is 3.91. The standard InChI is InChI=1S/C21H17ClO6/c1-25-19-10-13(9-15(22)21(19)26-2)7-8-20(24)27-12-16(23)18-11-14-5-3-4-6-17(14)28-18/h3-11H,12H2,1-2H3/b8-7+. The predicted octanol–water partition coefficient (Wildman–Crippen LogP) is 4.54. The molecule has 2 aromatic carbocycles. The number of carbonyl (C=O) groups excluding carboxylic acids is 2. The van der Waals surface area contributed by atoms with Crippen molar-refractivity contribution < 1.29 is 28.2 Å². The van der Waals surface area contributed by atoms with E-state index >= 15 is 0 Å². The Morgan fingerprint density at radius 1 is 1.11 bits per heavy atom. The molecule has 6 nitrogen and oxygen atoms in total. The summed E-state index contributed by atoms with van der Waals surface area (Å²) in [7, 11) is 2.97. The van der Waals surface area contributed by atoms with E-state index in [1.807, 2.05) is 18.2 Å². The van der Waals surface area contributed by atoms with Gasteiger partial charge in [-0.25, -0.2) is 4.79 Å². The second-order valence-electron chi connectivity index (χ2n) is 5.75. The molecule has 0 unspecified atom stereocenters. The van der Waals surface area contributed by atoms with Crippen molar-refractivity contribution in [2.75, 3.05) is 20.8 Å². The molecule has 0 saturated heterocycles. The molecule has 0 spiro atoms. The normalized spacial score (nSPS) is 11.0. The molecule has 144 valence electrons. The zero-order valence-electron chi connectivity index (χ0n) is 15.2. The van der Waals surface area contributed by atoms with Crippen LogP contribution >= 0.6 is 11.6 Å². The van der Waals surface area contributed by atoms with Gasteiger partial charge in [0.25, 0.3) is 0 Å². The van der Waals surface area contributed by atoms with Crippen molar-refractivity contribution in [1.29, 1.82) is 0 Å². The van der Waals surface area contributed by atoms with Crippen LogP contribution in [0.4, 0.5) is 0 Å². The van der Waals surface area contributed by atoms with E-state index in [4.69, 9.17) is 30.2 Å². The number of para-hydroxylation sites is 1. The Balaban J connectivity index is 1.62. The molecular weight excluding hydrogens is 384 g/mol. The molecular formula is C21H17ClO6. The molecule has 3 aromatic rings. The Labute approximate surface area is 166 Å². The average Bonchev–Trinajstić information content (AvgIpc) is 3.14. The molecule has 1 heterocycles. The number of esters is 1. The number of carbonyl (C=O) groups is 2. The first kappa shape index (κ1) is 19.5. The van der Waals surface area contributed by atoms with E-state index in [1.54, 1.807) is 24.3 Å². The number of ether oxygens (including phenoxy) is 3. The second kappa shape index (κ2) is 8.63. The maximum absolute atomic E-state index is 12.1. The van der Waals surface area contributed by atoms with Gasteiger partial charge in [0.2, 0.25) is 5.78 Å². The van der Waals surface area contributed by atoms with Crippen molar-refractivity contribution in [3.05, 3.63) is 64.9 Å². The van der Waals surface area contributed by atoms with Crippen LogP contribution in [0.5, 0.6) is 11.5 Å². The highest BCUT2D eigenvalue weighted by Gasteiger charge is 2.14. The molecule has 0 saturated carbocycles. The minimum absolute atomic E-state index is 0.143. The molecule has 0 N–H and O–H groups in total. The van der Waals surface area contributed by atoms with Gasteiger partial charge in [-0.1, -0.05) is 29.8 Å². The Kier molecular flexibility index (Phi) is 6.01. The van der Waals surface area contributed by atoms with Crippen molar-refractivity contribution in [3.8, 4) is 11.5 Å². The smallest absolute Gasteiger partial charge is 0.331 e. The lowest BCUT2D eigenvalue weighted by Crippen LogP contribution is -2.11. The Morgan fingerprint density at radius 3 is 2.61 bits per heavy atom. The fourth-order valence-electron chi connectivity index (χ4n) is 2.57. The quantitative estimate of drug-likeness (QED) is 0.329. The monoisotopic (exact) mass is 400 g/mol. The zero-order chi connectivity index (χ0) is 20.1. The van der Waals surface area contributed by atoms with Crippen LogP contribution in [0.2, 0.25) is 5.02 Å². The summed E-state index contributed by atoms with van der Waals surface area (Å²) in [4.78, 5) is 24.1. The van der Waals surface area contributed by atoms with Gasteiger partial charge >= 0.3 is 5.97 Å². The molecule has 0 fully saturated rings. The summed E-state index contributed by atoms with van der Waals surface area (Å²) >= 11 is 6.12. The molecule has 0 bridgehead atoms. The molecule has 7 heteroatoms. The third-order valence-corrected chi connectivity index (χ3v) is 4.19. The number of fused-ring (bicyclic) bond motifs is 1. The highest BCUT2D eigenvalue weighted by Crippen LogP contribution is 2.36. The SMILES string of the molecule is COc1cc(/C=C/C(=O)OCC(=O)c2cc3ccccc3o2)cc(Cl)c1OC. The zero-order valence-corrected chi connectivity index (χ0v) is 16.0. The number of hydrogen-bond acceptors (Lipinski definition) is 6. The first-order chi connectivity index (χ1) is 13.5. The molecule has 0 atom stereocenters. The molecule has 3 rings (SSSR count). The summed E-state index contributed by atoms with van der Waals surface area (Å²) in [6.07, 6.45) is 2.70. The number of rotatable bonds is 7. The van der Waals surface area contributed by atoms with Gasteiger partial charge in [0.05, 0.1) is 19.2 Å². The van der Waals surface area contributed by atoms with Gasteiger partial charge in [-0.2, -0.15) is 0 Å². The summed E-state index contributed by atoms with van der Waals surface area (Å²) in [5, 5.41) is 1.15. The lowest BCUT2D eigenvalue weighted by Gasteiger charge is -2.10. The molecule has 28 heavy (non-hydrogen) atoms. The van der Waals surface area contributed by atoms with Crippen LogP contribution in [0.25, 0.3) is 17.0 Å². The maximum atomic E-state index is 12.1. The van der Waals surface area contributed by atoms with Crippen molar-refractivity contribution in [1.82, 2.24) is 0 Å². The largest absolute Gasteiger partial charge is 0.493 e. The number of methoxy groups -OCH3 is 2. The Bertz CT molecular complexity index is 1020. The van der Waals surface area contributed by atoms with E-state index < -0.39 is 18.4 Å². The van der Waals surface area contributed by atoms with Crippen LogP contribution in [0, 0.1) is 0 Å².